The summed E-state index contributed by atoms with van der Waals surface area (Å²) in [5.41, 5.74) is 2.86. The second kappa shape index (κ2) is 5.85. The van der Waals surface area contributed by atoms with Gasteiger partial charge in [0.15, 0.2) is 0 Å². The van der Waals surface area contributed by atoms with E-state index in [0.717, 1.165) is 0 Å². The Labute approximate surface area is 104 Å². The van der Waals surface area contributed by atoms with Crippen molar-refractivity contribution in [3.63, 3.8) is 0 Å². The van der Waals surface area contributed by atoms with Crippen LogP contribution in [0.1, 0.15) is 50.7 Å². The van der Waals surface area contributed by atoms with E-state index >= 15 is 0 Å². The summed E-state index contributed by atoms with van der Waals surface area (Å²) >= 11 is 0. The van der Waals surface area contributed by atoms with Gasteiger partial charge in [-0.25, -0.2) is 0 Å². The van der Waals surface area contributed by atoms with E-state index in [-0.39, 0.29) is 29.6 Å². The van der Waals surface area contributed by atoms with Crippen LogP contribution in [0.2, 0.25) is 0 Å². The summed E-state index contributed by atoms with van der Waals surface area (Å²) < 4.78 is 0. The van der Waals surface area contributed by atoms with Crippen molar-refractivity contribution in [1.29, 1.82) is 0 Å². The third-order valence-corrected chi connectivity index (χ3v) is 2.27. The van der Waals surface area contributed by atoms with Crippen LogP contribution in [0.3, 0.4) is 0 Å². The molecule has 1 rings (SSSR count). The Morgan fingerprint density at radius 3 is 1.08 bits per heavy atom. The standard InChI is InChI=1S/C12H18.Na.H/c1-9(2)11-5-7-12(8-6-11)10(3)4;;/h5-10H,1-4H3;;. The van der Waals surface area contributed by atoms with E-state index < -0.39 is 0 Å². The van der Waals surface area contributed by atoms with Crippen LogP contribution in [0.5, 0.6) is 0 Å². The molecule has 0 heterocycles. The van der Waals surface area contributed by atoms with E-state index in [2.05, 4.69) is 52.0 Å². The first-order valence-electron chi connectivity index (χ1n) is 4.71. The van der Waals surface area contributed by atoms with Crippen LogP contribution >= 0.6 is 0 Å². The maximum absolute atomic E-state index is 2.24. The molecule has 0 spiro atoms. The summed E-state index contributed by atoms with van der Waals surface area (Å²) in [4.78, 5) is 0. The van der Waals surface area contributed by atoms with Crippen LogP contribution in [0.4, 0.5) is 0 Å². The summed E-state index contributed by atoms with van der Waals surface area (Å²) in [5.74, 6) is 1.29. The van der Waals surface area contributed by atoms with Crippen molar-refractivity contribution in [3.05, 3.63) is 35.4 Å². The zero-order valence-electron chi connectivity index (χ0n) is 8.46. The monoisotopic (exact) mass is 186 g/mol. The molecule has 0 saturated carbocycles. The van der Waals surface area contributed by atoms with Gasteiger partial charge in [0, 0.05) is 0 Å². The third-order valence-electron chi connectivity index (χ3n) is 2.27. The zero-order chi connectivity index (χ0) is 9.14. The van der Waals surface area contributed by atoms with Crippen molar-refractivity contribution >= 4 is 29.6 Å². The number of benzene rings is 1. The minimum absolute atomic E-state index is 0. The van der Waals surface area contributed by atoms with Gasteiger partial charge in [-0.2, -0.15) is 0 Å². The van der Waals surface area contributed by atoms with E-state index in [1.807, 2.05) is 0 Å². The first-order valence-corrected chi connectivity index (χ1v) is 4.71. The molecule has 0 fully saturated rings. The van der Waals surface area contributed by atoms with Gasteiger partial charge in [0.25, 0.3) is 0 Å². The van der Waals surface area contributed by atoms with Crippen molar-refractivity contribution < 1.29 is 0 Å². The normalized spacial score (nSPS) is 10.3. The van der Waals surface area contributed by atoms with Crippen molar-refractivity contribution in [2.45, 2.75) is 39.5 Å². The topological polar surface area (TPSA) is 0 Å². The maximum atomic E-state index is 2.24. The minimum atomic E-state index is 0. The van der Waals surface area contributed by atoms with Crippen molar-refractivity contribution in [2.75, 3.05) is 0 Å². The van der Waals surface area contributed by atoms with Crippen LogP contribution in [0.25, 0.3) is 0 Å². The average Bonchev–Trinajstić information content (AvgIpc) is 2.04. The first kappa shape index (κ1) is 13.2. The molecule has 0 aliphatic heterocycles. The Morgan fingerprint density at radius 2 is 0.923 bits per heavy atom. The number of rotatable bonds is 2. The molecule has 0 unspecified atom stereocenters. The predicted molar refractivity (Wildman–Crippen MR) is 61.8 cm³/mol. The molecule has 0 nitrogen and oxygen atoms in total. The van der Waals surface area contributed by atoms with Gasteiger partial charge < -0.3 is 0 Å². The Hall–Kier alpha value is 0.220. The molecule has 13 heavy (non-hydrogen) atoms. The second-order valence-corrected chi connectivity index (χ2v) is 3.98. The molecular formula is C12H19Na. The molecule has 0 radical (unpaired) electrons. The fraction of sp³-hybridized carbons (Fsp3) is 0.500. The average molecular weight is 186 g/mol. The molecule has 0 amide bonds. The second-order valence-electron chi connectivity index (χ2n) is 3.98. The molecule has 0 N–H and O–H groups in total. The molecule has 0 aromatic heterocycles. The van der Waals surface area contributed by atoms with Crippen molar-refractivity contribution in [3.8, 4) is 0 Å². The molecule has 1 aromatic rings. The third kappa shape index (κ3) is 3.84. The van der Waals surface area contributed by atoms with E-state index in [4.69, 9.17) is 0 Å². The van der Waals surface area contributed by atoms with Crippen LogP contribution in [-0.4, -0.2) is 29.6 Å². The first-order chi connectivity index (χ1) is 5.61. The molecule has 1 aromatic carbocycles. The van der Waals surface area contributed by atoms with Gasteiger partial charge >= 0.3 is 29.6 Å². The molecule has 0 aliphatic rings. The Balaban J connectivity index is 0.00000144. The SMILES string of the molecule is CC(C)c1ccc(C(C)C)cc1.[NaH]. The van der Waals surface area contributed by atoms with Crippen LogP contribution in [0.15, 0.2) is 24.3 Å². The zero-order valence-corrected chi connectivity index (χ0v) is 8.46. The van der Waals surface area contributed by atoms with Gasteiger partial charge in [-0.15, -0.1) is 0 Å². The van der Waals surface area contributed by atoms with Gasteiger partial charge in [0.1, 0.15) is 0 Å². The molecule has 0 atom stereocenters. The van der Waals surface area contributed by atoms with E-state index in [1.54, 1.807) is 0 Å². The molecule has 0 bridgehead atoms. The number of hydrogen-bond acceptors (Lipinski definition) is 0. The fourth-order valence-corrected chi connectivity index (χ4v) is 1.27. The summed E-state index contributed by atoms with van der Waals surface area (Å²) in [5, 5.41) is 0. The summed E-state index contributed by atoms with van der Waals surface area (Å²) in [6, 6.07) is 8.94. The van der Waals surface area contributed by atoms with Gasteiger partial charge in [-0.1, -0.05) is 52.0 Å². The van der Waals surface area contributed by atoms with Crippen molar-refractivity contribution in [2.24, 2.45) is 0 Å². The molecule has 0 saturated heterocycles. The van der Waals surface area contributed by atoms with Gasteiger partial charge in [0.2, 0.25) is 0 Å². The summed E-state index contributed by atoms with van der Waals surface area (Å²) in [7, 11) is 0. The van der Waals surface area contributed by atoms with E-state index in [9.17, 15) is 0 Å². The van der Waals surface area contributed by atoms with Gasteiger partial charge in [-0.3, -0.25) is 0 Å². The van der Waals surface area contributed by atoms with E-state index in [1.165, 1.54) is 11.1 Å². The summed E-state index contributed by atoms with van der Waals surface area (Å²) in [6.45, 7) is 8.91. The fourth-order valence-electron chi connectivity index (χ4n) is 1.27. The Bertz CT molecular complexity index is 207. The van der Waals surface area contributed by atoms with Crippen LogP contribution in [0, 0.1) is 0 Å². The molecule has 0 aliphatic carbocycles. The van der Waals surface area contributed by atoms with Gasteiger partial charge in [-0.05, 0) is 23.0 Å². The van der Waals surface area contributed by atoms with Gasteiger partial charge in [0.05, 0.1) is 0 Å². The summed E-state index contributed by atoms with van der Waals surface area (Å²) in [6.07, 6.45) is 0. The number of hydrogen-bond donors (Lipinski definition) is 0. The quantitative estimate of drug-likeness (QED) is 0.622. The Morgan fingerprint density at radius 1 is 0.692 bits per heavy atom. The predicted octanol–water partition coefficient (Wildman–Crippen LogP) is 3.28. The van der Waals surface area contributed by atoms with Crippen LogP contribution < -0.4 is 0 Å². The molecular weight excluding hydrogens is 167 g/mol. The van der Waals surface area contributed by atoms with E-state index in [0.29, 0.717) is 11.8 Å². The van der Waals surface area contributed by atoms with Crippen LogP contribution in [-0.2, 0) is 0 Å². The molecule has 1 heteroatoms. The molecule has 68 valence electrons. The Kier molecular flexibility index (Phi) is 5.95. The van der Waals surface area contributed by atoms with Crippen molar-refractivity contribution in [1.82, 2.24) is 0 Å².